The van der Waals surface area contributed by atoms with E-state index in [0.29, 0.717) is 6.42 Å². The van der Waals surface area contributed by atoms with Gasteiger partial charge >= 0.3 is 0 Å². The summed E-state index contributed by atoms with van der Waals surface area (Å²) in [4.78, 5) is 14.8. The van der Waals surface area contributed by atoms with E-state index >= 15 is 0 Å². The molecule has 5 nitrogen and oxygen atoms in total. The molecule has 3 heterocycles. The topological polar surface area (TPSA) is 56.4 Å². The van der Waals surface area contributed by atoms with E-state index in [1.165, 1.54) is 6.42 Å². The maximum Gasteiger partial charge on any atom is 0.226 e. The Bertz CT molecular complexity index is 570. The Labute approximate surface area is 131 Å². The van der Waals surface area contributed by atoms with Crippen molar-refractivity contribution in [2.45, 2.75) is 24.8 Å². The average molecular weight is 300 g/mol. The Morgan fingerprint density at radius 3 is 2.95 bits per heavy atom. The summed E-state index contributed by atoms with van der Waals surface area (Å²) in [5.74, 6) is 0.892. The van der Waals surface area contributed by atoms with E-state index in [2.05, 4.69) is 26.9 Å². The summed E-state index contributed by atoms with van der Waals surface area (Å²) in [7, 11) is 0. The van der Waals surface area contributed by atoms with Gasteiger partial charge in [0.15, 0.2) is 0 Å². The van der Waals surface area contributed by atoms with Crippen LogP contribution in [-0.2, 0) is 4.79 Å². The normalized spacial score (nSPS) is 31.6. The Kier molecular flexibility index (Phi) is 3.54. The van der Waals surface area contributed by atoms with Gasteiger partial charge in [-0.05, 0) is 44.0 Å². The van der Waals surface area contributed by atoms with Crippen molar-refractivity contribution in [2.75, 3.05) is 43.4 Å². The molecule has 1 aromatic carbocycles. The predicted molar refractivity (Wildman–Crippen MR) is 88.1 cm³/mol. The molecule has 3 aliphatic heterocycles. The first-order valence-electron chi connectivity index (χ1n) is 8.33. The summed E-state index contributed by atoms with van der Waals surface area (Å²) in [6.45, 7) is 5.49. The van der Waals surface area contributed by atoms with Crippen LogP contribution in [0.3, 0.4) is 0 Å². The number of nitrogens with one attached hydrogen (secondary N) is 3. The number of nitrogens with zero attached hydrogens (tertiary/aromatic N) is 1. The van der Waals surface area contributed by atoms with E-state index in [9.17, 15) is 4.79 Å². The van der Waals surface area contributed by atoms with Crippen LogP contribution in [0.4, 0.5) is 11.4 Å². The van der Waals surface area contributed by atoms with Crippen LogP contribution in [0.15, 0.2) is 24.3 Å². The van der Waals surface area contributed by atoms with Crippen molar-refractivity contribution in [3.63, 3.8) is 0 Å². The molecule has 0 radical (unpaired) electrons. The highest BCUT2D eigenvalue weighted by Crippen LogP contribution is 2.36. The number of fused-ring (bicyclic) bond motifs is 1. The monoisotopic (exact) mass is 300 g/mol. The molecule has 1 aromatic rings. The molecule has 2 atom stereocenters. The molecule has 3 N–H and O–H groups in total. The van der Waals surface area contributed by atoms with Gasteiger partial charge in [0, 0.05) is 19.6 Å². The number of benzene rings is 1. The predicted octanol–water partition coefficient (Wildman–Crippen LogP) is 1.49. The van der Waals surface area contributed by atoms with Crippen LogP contribution in [0.5, 0.6) is 0 Å². The summed E-state index contributed by atoms with van der Waals surface area (Å²) in [5, 5.41) is 10.2. The molecule has 1 spiro atoms. The second-order valence-corrected chi connectivity index (χ2v) is 7.02. The fraction of sp³-hybridized carbons (Fsp3) is 0.588. The molecule has 2 unspecified atom stereocenters. The Balaban J connectivity index is 1.50. The van der Waals surface area contributed by atoms with Gasteiger partial charge in [-0.1, -0.05) is 12.1 Å². The number of carbonyl (C=O) groups is 1. The zero-order valence-corrected chi connectivity index (χ0v) is 12.9. The number of hydrogen-bond donors (Lipinski definition) is 3. The Hall–Kier alpha value is -1.59. The van der Waals surface area contributed by atoms with Crippen molar-refractivity contribution >= 4 is 17.3 Å². The van der Waals surface area contributed by atoms with Crippen LogP contribution in [0.2, 0.25) is 0 Å². The van der Waals surface area contributed by atoms with Crippen molar-refractivity contribution in [2.24, 2.45) is 5.92 Å². The summed E-state index contributed by atoms with van der Waals surface area (Å²) >= 11 is 0. The second kappa shape index (κ2) is 5.56. The van der Waals surface area contributed by atoms with Gasteiger partial charge in [0.1, 0.15) is 0 Å². The van der Waals surface area contributed by atoms with Crippen molar-refractivity contribution in [1.29, 1.82) is 0 Å². The van der Waals surface area contributed by atoms with E-state index in [-0.39, 0.29) is 11.4 Å². The molecule has 22 heavy (non-hydrogen) atoms. The van der Waals surface area contributed by atoms with Crippen LogP contribution < -0.4 is 16.0 Å². The van der Waals surface area contributed by atoms with E-state index < -0.39 is 0 Å². The van der Waals surface area contributed by atoms with Gasteiger partial charge in [0.05, 0.1) is 23.3 Å². The molecular formula is C17H24N4O. The van der Waals surface area contributed by atoms with Gasteiger partial charge in [0.25, 0.3) is 0 Å². The van der Waals surface area contributed by atoms with E-state index in [4.69, 9.17) is 0 Å². The van der Waals surface area contributed by atoms with Crippen molar-refractivity contribution < 1.29 is 4.79 Å². The van der Waals surface area contributed by atoms with Crippen molar-refractivity contribution in [3.8, 4) is 0 Å². The molecule has 0 aliphatic carbocycles. The highest BCUT2D eigenvalue weighted by Gasteiger charge is 2.42. The number of likely N-dealkylation sites (tertiary alicyclic amines) is 1. The first-order valence-corrected chi connectivity index (χ1v) is 8.33. The summed E-state index contributed by atoms with van der Waals surface area (Å²) in [5.41, 5.74) is 1.85. The largest absolute Gasteiger partial charge is 0.376 e. The van der Waals surface area contributed by atoms with Crippen LogP contribution in [-0.4, -0.2) is 49.1 Å². The number of carbonyl (C=O) groups excluding carboxylic acids is 1. The lowest BCUT2D eigenvalue weighted by Crippen LogP contribution is -2.43. The smallest absolute Gasteiger partial charge is 0.226 e. The van der Waals surface area contributed by atoms with E-state index in [1.54, 1.807) is 0 Å². The van der Waals surface area contributed by atoms with E-state index in [0.717, 1.165) is 56.4 Å². The first kappa shape index (κ1) is 14.0. The van der Waals surface area contributed by atoms with E-state index in [1.807, 2.05) is 18.2 Å². The zero-order valence-electron chi connectivity index (χ0n) is 12.9. The Morgan fingerprint density at radius 2 is 2.14 bits per heavy atom. The van der Waals surface area contributed by atoms with Crippen LogP contribution in [0, 0.1) is 5.92 Å². The third-order valence-corrected chi connectivity index (χ3v) is 5.21. The van der Waals surface area contributed by atoms with Gasteiger partial charge in [0.2, 0.25) is 5.91 Å². The van der Waals surface area contributed by atoms with Crippen LogP contribution in [0.25, 0.3) is 0 Å². The molecule has 0 saturated carbocycles. The molecule has 0 aromatic heterocycles. The SMILES string of the molecule is O=C1CC2(CCN(CC3CCNC3)C2)Nc2ccccc2N1. The number of rotatable bonds is 2. The van der Waals surface area contributed by atoms with Gasteiger partial charge in [-0.2, -0.15) is 0 Å². The number of anilines is 2. The van der Waals surface area contributed by atoms with Gasteiger partial charge in [-0.25, -0.2) is 0 Å². The first-order chi connectivity index (χ1) is 10.7. The lowest BCUT2D eigenvalue weighted by molar-refractivity contribution is -0.117. The van der Waals surface area contributed by atoms with Crippen molar-refractivity contribution in [3.05, 3.63) is 24.3 Å². The standard InChI is InChI=1S/C17H24N4O/c22-16-9-17(20-15-4-2-1-3-14(15)19-16)6-8-21(12-17)11-13-5-7-18-10-13/h1-4,13,18,20H,5-12H2,(H,19,22). The van der Waals surface area contributed by atoms with Crippen molar-refractivity contribution in [1.82, 2.24) is 10.2 Å². The second-order valence-electron chi connectivity index (χ2n) is 7.02. The molecule has 2 saturated heterocycles. The molecule has 5 heteroatoms. The number of hydrogen-bond acceptors (Lipinski definition) is 4. The number of amides is 1. The third kappa shape index (κ3) is 2.71. The summed E-state index contributed by atoms with van der Waals surface area (Å²) in [6, 6.07) is 8.02. The number of para-hydroxylation sites is 2. The molecule has 1 amide bonds. The molecule has 4 rings (SSSR count). The maximum atomic E-state index is 12.3. The maximum absolute atomic E-state index is 12.3. The Morgan fingerprint density at radius 1 is 1.27 bits per heavy atom. The molecule has 0 bridgehead atoms. The van der Waals surface area contributed by atoms with Crippen LogP contribution in [0.1, 0.15) is 19.3 Å². The quantitative estimate of drug-likeness (QED) is 0.775. The highest BCUT2D eigenvalue weighted by molar-refractivity contribution is 5.97. The minimum absolute atomic E-state index is 0.108. The lowest BCUT2D eigenvalue weighted by Gasteiger charge is -2.30. The lowest BCUT2D eigenvalue weighted by atomic mass is 9.93. The highest BCUT2D eigenvalue weighted by atomic mass is 16.1. The summed E-state index contributed by atoms with van der Waals surface area (Å²) < 4.78 is 0. The fourth-order valence-corrected chi connectivity index (χ4v) is 4.13. The zero-order chi connectivity index (χ0) is 15.0. The summed E-state index contributed by atoms with van der Waals surface area (Å²) in [6.07, 6.45) is 2.87. The van der Waals surface area contributed by atoms with Gasteiger partial charge in [-0.15, -0.1) is 0 Å². The molecule has 3 aliphatic rings. The average Bonchev–Trinajstić information content (AvgIpc) is 3.09. The molecular weight excluding hydrogens is 276 g/mol. The van der Waals surface area contributed by atoms with Gasteiger partial charge in [-0.3, -0.25) is 4.79 Å². The minimum atomic E-state index is -0.108. The minimum Gasteiger partial charge on any atom is -0.376 e. The van der Waals surface area contributed by atoms with Crippen LogP contribution >= 0.6 is 0 Å². The molecule has 2 fully saturated rings. The molecule has 118 valence electrons. The van der Waals surface area contributed by atoms with Gasteiger partial charge < -0.3 is 20.9 Å². The fourth-order valence-electron chi connectivity index (χ4n) is 4.13. The third-order valence-electron chi connectivity index (χ3n) is 5.21.